The Bertz CT molecular complexity index is 399. The van der Waals surface area contributed by atoms with Crippen molar-refractivity contribution in [1.82, 2.24) is 0 Å². The van der Waals surface area contributed by atoms with E-state index in [1.807, 2.05) is 20.8 Å². The second-order valence-corrected chi connectivity index (χ2v) is 5.35. The zero-order chi connectivity index (χ0) is 13.7. The van der Waals surface area contributed by atoms with Gasteiger partial charge in [-0.15, -0.1) is 0 Å². The lowest BCUT2D eigenvalue weighted by atomic mass is 10.2. The number of benzene rings is 1. The van der Waals surface area contributed by atoms with Crippen molar-refractivity contribution < 1.29 is 14.2 Å². The first-order chi connectivity index (χ1) is 8.40. The maximum atomic E-state index is 13.4. The van der Waals surface area contributed by atoms with E-state index < -0.39 is 6.10 Å². The van der Waals surface area contributed by atoms with Crippen molar-refractivity contribution in [3.05, 3.63) is 28.0 Å². The number of hydrogen-bond donors (Lipinski definition) is 2. The Hall–Kier alpha value is -0.650. The van der Waals surface area contributed by atoms with Gasteiger partial charge < -0.3 is 15.2 Å². The topological polar surface area (TPSA) is 41.5 Å². The quantitative estimate of drug-likeness (QED) is 0.846. The predicted octanol–water partition coefficient (Wildman–Crippen LogP) is 3.09. The first-order valence-corrected chi connectivity index (χ1v) is 6.68. The molecular formula is C13H19BrFNO2. The van der Waals surface area contributed by atoms with Crippen LogP contribution in [0, 0.1) is 12.7 Å². The molecule has 0 bridgehead atoms. The van der Waals surface area contributed by atoms with E-state index in [1.165, 1.54) is 6.07 Å². The molecule has 102 valence electrons. The van der Waals surface area contributed by atoms with E-state index in [2.05, 4.69) is 21.2 Å². The van der Waals surface area contributed by atoms with Crippen LogP contribution >= 0.6 is 15.9 Å². The second-order valence-electron chi connectivity index (χ2n) is 4.50. The molecule has 1 unspecified atom stereocenters. The fraction of sp³-hybridized carbons (Fsp3) is 0.538. The van der Waals surface area contributed by atoms with Crippen LogP contribution in [0.15, 0.2) is 16.6 Å². The van der Waals surface area contributed by atoms with Crippen molar-refractivity contribution in [2.24, 2.45) is 0 Å². The summed E-state index contributed by atoms with van der Waals surface area (Å²) < 4.78 is 19.1. The van der Waals surface area contributed by atoms with Gasteiger partial charge in [-0.1, -0.05) is 0 Å². The highest BCUT2D eigenvalue weighted by Crippen LogP contribution is 2.23. The standard InChI is InChI=1S/C13H19BrFNO2/c1-8(2)18-7-10(17)6-16-13-5-12(15)11(14)4-9(13)3/h4-5,8,10,16-17H,6-7H2,1-3H3. The SMILES string of the molecule is Cc1cc(Br)c(F)cc1NCC(O)COC(C)C. The van der Waals surface area contributed by atoms with E-state index in [9.17, 15) is 9.50 Å². The molecule has 0 aliphatic heterocycles. The van der Waals surface area contributed by atoms with Gasteiger partial charge in [0.05, 0.1) is 23.3 Å². The van der Waals surface area contributed by atoms with Crippen molar-refractivity contribution >= 4 is 21.6 Å². The summed E-state index contributed by atoms with van der Waals surface area (Å²) in [5, 5.41) is 12.7. The zero-order valence-electron chi connectivity index (χ0n) is 10.8. The number of ether oxygens (including phenoxy) is 1. The molecule has 0 aliphatic rings. The molecule has 0 aliphatic carbocycles. The first-order valence-electron chi connectivity index (χ1n) is 5.89. The number of halogens is 2. The van der Waals surface area contributed by atoms with Gasteiger partial charge in [-0.2, -0.15) is 0 Å². The summed E-state index contributed by atoms with van der Waals surface area (Å²) in [4.78, 5) is 0. The molecule has 5 heteroatoms. The first kappa shape index (κ1) is 15.4. The summed E-state index contributed by atoms with van der Waals surface area (Å²) in [7, 11) is 0. The van der Waals surface area contributed by atoms with Gasteiger partial charge >= 0.3 is 0 Å². The summed E-state index contributed by atoms with van der Waals surface area (Å²) in [6.45, 7) is 6.30. The van der Waals surface area contributed by atoms with E-state index in [4.69, 9.17) is 4.74 Å². The van der Waals surface area contributed by atoms with Crippen molar-refractivity contribution in [2.45, 2.75) is 33.0 Å². The maximum absolute atomic E-state index is 13.4. The average Bonchev–Trinajstić information content (AvgIpc) is 2.29. The number of anilines is 1. The van der Waals surface area contributed by atoms with Gasteiger partial charge in [0.2, 0.25) is 0 Å². The van der Waals surface area contributed by atoms with Crippen molar-refractivity contribution in [3.8, 4) is 0 Å². The molecule has 1 aromatic rings. The molecule has 0 amide bonds. The van der Waals surface area contributed by atoms with E-state index >= 15 is 0 Å². The third kappa shape index (κ3) is 4.92. The van der Waals surface area contributed by atoms with Crippen molar-refractivity contribution in [3.63, 3.8) is 0 Å². The largest absolute Gasteiger partial charge is 0.389 e. The van der Waals surface area contributed by atoms with Crippen LogP contribution in [-0.2, 0) is 4.74 Å². The Labute approximate surface area is 115 Å². The molecule has 0 radical (unpaired) electrons. The molecule has 0 fully saturated rings. The van der Waals surface area contributed by atoms with E-state index in [-0.39, 0.29) is 18.5 Å². The molecule has 0 saturated heterocycles. The zero-order valence-corrected chi connectivity index (χ0v) is 12.4. The van der Waals surface area contributed by atoms with E-state index in [0.717, 1.165) is 5.56 Å². The number of aliphatic hydroxyl groups is 1. The summed E-state index contributed by atoms with van der Waals surface area (Å²) >= 11 is 3.13. The fourth-order valence-corrected chi connectivity index (χ4v) is 1.88. The Balaban J connectivity index is 2.50. The van der Waals surface area contributed by atoms with Gasteiger partial charge in [-0.05, 0) is 54.4 Å². The molecule has 1 aromatic carbocycles. The molecule has 0 aromatic heterocycles. The Kier molecular flexibility index (Phi) is 6.05. The summed E-state index contributed by atoms with van der Waals surface area (Å²) in [5.41, 5.74) is 1.60. The van der Waals surface area contributed by atoms with Crippen LogP contribution in [0.3, 0.4) is 0 Å². The molecule has 2 N–H and O–H groups in total. The molecule has 3 nitrogen and oxygen atoms in total. The van der Waals surface area contributed by atoms with Crippen LogP contribution in [0.1, 0.15) is 19.4 Å². The summed E-state index contributed by atoms with van der Waals surface area (Å²) in [6.07, 6.45) is -0.523. The summed E-state index contributed by atoms with van der Waals surface area (Å²) in [5.74, 6) is -0.323. The number of aliphatic hydroxyl groups excluding tert-OH is 1. The van der Waals surface area contributed by atoms with Crippen LogP contribution < -0.4 is 5.32 Å². The molecule has 0 saturated carbocycles. The van der Waals surface area contributed by atoms with Crippen LogP contribution in [0.4, 0.5) is 10.1 Å². The van der Waals surface area contributed by atoms with Crippen LogP contribution in [0.2, 0.25) is 0 Å². The minimum absolute atomic E-state index is 0.0894. The van der Waals surface area contributed by atoms with Gasteiger partial charge in [0.25, 0.3) is 0 Å². The molecule has 1 rings (SSSR count). The second kappa shape index (κ2) is 7.07. The third-order valence-electron chi connectivity index (χ3n) is 2.42. The minimum atomic E-state index is -0.612. The maximum Gasteiger partial charge on any atom is 0.139 e. The van der Waals surface area contributed by atoms with Gasteiger partial charge in [-0.25, -0.2) is 4.39 Å². The van der Waals surface area contributed by atoms with Gasteiger partial charge in [0.15, 0.2) is 0 Å². The van der Waals surface area contributed by atoms with Gasteiger partial charge in [0, 0.05) is 12.2 Å². The highest BCUT2D eigenvalue weighted by Gasteiger charge is 2.08. The molecule has 0 heterocycles. The van der Waals surface area contributed by atoms with Crippen LogP contribution in [-0.4, -0.2) is 30.5 Å². The number of rotatable bonds is 6. The highest BCUT2D eigenvalue weighted by molar-refractivity contribution is 9.10. The lowest BCUT2D eigenvalue weighted by Crippen LogP contribution is -2.26. The minimum Gasteiger partial charge on any atom is -0.389 e. The lowest BCUT2D eigenvalue weighted by Gasteiger charge is -2.16. The predicted molar refractivity (Wildman–Crippen MR) is 74.4 cm³/mol. The number of aryl methyl sites for hydroxylation is 1. The Morgan fingerprint density at radius 1 is 1.44 bits per heavy atom. The van der Waals surface area contributed by atoms with Gasteiger partial charge in [-0.3, -0.25) is 0 Å². The van der Waals surface area contributed by atoms with Crippen LogP contribution in [0.25, 0.3) is 0 Å². The van der Waals surface area contributed by atoms with Crippen molar-refractivity contribution in [1.29, 1.82) is 0 Å². The fourth-order valence-electron chi connectivity index (χ4n) is 1.43. The lowest BCUT2D eigenvalue weighted by molar-refractivity contribution is 0.0112. The van der Waals surface area contributed by atoms with E-state index in [0.29, 0.717) is 16.7 Å². The van der Waals surface area contributed by atoms with Gasteiger partial charge in [0.1, 0.15) is 5.82 Å². The summed E-state index contributed by atoms with van der Waals surface area (Å²) in [6, 6.07) is 3.12. The monoisotopic (exact) mass is 319 g/mol. The molecule has 0 spiro atoms. The van der Waals surface area contributed by atoms with Crippen LogP contribution in [0.5, 0.6) is 0 Å². The highest BCUT2D eigenvalue weighted by atomic mass is 79.9. The Morgan fingerprint density at radius 3 is 2.72 bits per heavy atom. The third-order valence-corrected chi connectivity index (χ3v) is 3.03. The number of nitrogens with one attached hydrogen (secondary N) is 1. The molecule has 18 heavy (non-hydrogen) atoms. The number of hydrogen-bond acceptors (Lipinski definition) is 3. The normalized spacial score (nSPS) is 12.8. The van der Waals surface area contributed by atoms with Crippen molar-refractivity contribution in [2.75, 3.05) is 18.5 Å². The average molecular weight is 320 g/mol. The van der Waals surface area contributed by atoms with E-state index in [1.54, 1.807) is 6.07 Å². The molecular weight excluding hydrogens is 301 g/mol. The smallest absolute Gasteiger partial charge is 0.139 e. The molecule has 1 atom stereocenters. The Morgan fingerprint density at radius 2 is 2.11 bits per heavy atom.